The van der Waals surface area contributed by atoms with Crippen molar-refractivity contribution in [1.29, 1.82) is 5.26 Å². The van der Waals surface area contributed by atoms with Crippen molar-refractivity contribution in [2.45, 2.75) is 0 Å². The van der Waals surface area contributed by atoms with Gasteiger partial charge in [0.05, 0.1) is 23.4 Å². The summed E-state index contributed by atoms with van der Waals surface area (Å²) >= 11 is 4.58. The second-order valence-corrected chi connectivity index (χ2v) is 5.35. The van der Waals surface area contributed by atoms with Gasteiger partial charge in [-0.3, -0.25) is 5.32 Å². The van der Waals surface area contributed by atoms with Crippen molar-refractivity contribution in [2.75, 3.05) is 31.6 Å². The van der Waals surface area contributed by atoms with Crippen LogP contribution < -0.4 is 5.32 Å². The largest absolute Gasteiger partial charge is 0.378 e. The highest BCUT2D eigenvalue weighted by Crippen LogP contribution is 2.25. The molecule has 6 nitrogen and oxygen atoms in total. The van der Waals surface area contributed by atoms with Gasteiger partial charge < -0.3 is 9.64 Å². The summed E-state index contributed by atoms with van der Waals surface area (Å²) in [5, 5.41) is 12.1. The van der Waals surface area contributed by atoms with Crippen molar-refractivity contribution >= 4 is 45.3 Å². The molecular formula is C13H14N4O2S2. The number of fused-ring (bicyclic) bond motifs is 1. The maximum absolute atomic E-state index is 12.0. The summed E-state index contributed by atoms with van der Waals surface area (Å²) in [4.78, 5) is 18.1. The van der Waals surface area contributed by atoms with Crippen LogP contribution in [0.2, 0.25) is 0 Å². The monoisotopic (exact) mass is 322 g/mol. The van der Waals surface area contributed by atoms with E-state index in [-0.39, 0.29) is 6.03 Å². The molecule has 1 N–H and O–H groups in total. The summed E-state index contributed by atoms with van der Waals surface area (Å²) < 4.78 is 6.29. The Labute approximate surface area is 131 Å². The summed E-state index contributed by atoms with van der Waals surface area (Å²) in [5.74, 6) is 0. The van der Waals surface area contributed by atoms with E-state index in [9.17, 15) is 4.79 Å². The second-order valence-electron chi connectivity index (χ2n) is 4.12. The Morgan fingerprint density at radius 3 is 2.76 bits per heavy atom. The number of aromatic nitrogens is 1. The highest BCUT2D eigenvalue weighted by atomic mass is 32.1. The van der Waals surface area contributed by atoms with Crippen molar-refractivity contribution in [3.8, 4) is 5.40 Å². The van der Waals surface area contributed by atoms with Crippen molar-refractivity contribution < 1.29 is 9.53 Å². The molecule has 110 valence electrons. The topological polar surface area (TPSA) is 78.2 Å². The quantitative estimate of drug-likeness (QED) is 0.625. The number of hydrogen-bond acceptors (Lipinski definition) is 6. The SMILES string of the molecule is N#CS.O=C(Nc1nc2ccccc2s1)N1CCOCC1. The molecule has 0 unspecified atom stereocenters. The van der Waals surface area contributed by atoms with Gasteiger partial charge in [0.25, 0.3) is 0 Å². The number of nitrogens with zero attached hydrogens (tertiary/aromatic N) is 3. The standard InChI is InChI=1S/C12H13N3O2S.CHNS/c16-12(15-5-7-17-8-6-15)14-11-13-9-3-1-2-4-10(9)18-11;2-1-3/h1-4H,5-8H2,(H,13,14,16);3H. The Bertz CT molecular complexity index is 614. The second kappa shape index (κ2) is 7.83. The zero-order valence-electron chi connectivity index (χ0n) is 11.2. The zero-order valence-corrected chi connectivity index (χ0v) is 12.9. The summed E-state index contributed by atoms with van der Waals surface area (Å²) in [7, 11) is 0. The van der Waals surface area contributed by atoms with Crippen molar-refractivity contribution in [3.05, 3.63) is 24.3 Å². The lowest BCUT2D eigenvalue weighted by atomic mass is 10.3. The number of carbonyl (C=O) groups is 1. The molecule has 8 heteroatoms. The molecule has 0 atom stereocenters. The third-order valence-electron chi connectivity index (χ3n) is 2.81. The van der Waals surface area contributed by atoms with Crippen LogP contribution >= 0.6 is 24.0 Å². The van der Waals surface area contributed by atoms with E-state index in [1.165, 1.54) is 16.7 Å². The molecule has 3 rings (SSSR count). The van der Waals surface area contributed by atoms with Crippen LogP contribution in [0.25, 0.3) is 10.2 Å². The van der Waals surface area contributed by atoms with Crippen molar-refractivity contribution in [3.63, 3.8) is 0 Å². The molecule has 1 saturated heterocycles. The molecule has 2 heterocycles. The average Bonchev–Trinajstić information content (AvgIpc) is 2.91. The van der Waals surface area contributed by atoms with Crippen molar-refractivity contribution in [2.24, 2.45) is 0 Å². The van der Waals surface area contributed by atoms with Crippen LogP contribution in [0.1, 0.15) is 0 Å². The highest BCUT2D eigenvalue weighted by Gasteiger charge is 2.17. The fourth-order valence-electron chi connectivity index (χ4n) is 1.86. The van der Waals surface area contributed by atoms with E-state index < -0.39 is 0 Å². The Hall–Kier alpha value is -1.82. The number of nitrogens with one attached hydrogen (secondary N) is 1. The van der Waals surface area contributed by atoms with Crippen LogP contribution in [0.15, 0.2) is 24.3 Å². The third kappa shape index (κ3) is 4.32. The summed E-state index contributed by atoms with van der Waals surface area (Å²) in [6.07, 6.45) is 0. The van der Waals surface area contributed by atoms with Crippen LogP contribution in [0.4, 0.5) is 9.93 Å². The van der Waals surface area contributed by atoms with E-state index in [0.29, 0.717) is 31.4 Å². The molecule has 2 aromatic rings. The molecule has 21 heavy (non-hydrogen) atoms. The Kier molecular flexibility index (Phi) is 5.80. The van der Waals surface area contributed by atoms with Gasteiger partial charge in [-0.1, -0.05) is 36.1 Å². The minimum atomic E-state index is -0.0997. The van der Waals surface area contributed by atoms with Crippen LogP contribution in [0, 0.1) is 10.7 Å². The lowest BCUT2D eigenvalue weighted by Crippen LogP contribution is -2.43. The van der Waals surface area contributed by atoms with Crippen molar-refractivity contribution in [1.82, 2.24) is 9.88 Å². The summed E-state index contributed by atoms with van der Waals surface area (Å²) in [6, 6.07) is 7.74. The number of thiazole rings is 1. The summed E-state index contributed by atoms with van der Waals surface area (Å²) in [6.45, 7) is 2.48. The van der Waals surface area contributed by atoms with E-state index in [1.54, 1.807) is 4.90 Å². The molecule has 0 radical (unpaired) electrons. The molecule has 1 aliphatic heterocycles. The maximum Gasteiger partial charge on any atom is 0.323 e. The Morgan fingerprint density at radius 2 is 2.10 bits per heavy atom. The Balaban J connectivity index is 0.000000497. The molecule has 1 aliphatic rings. The molecule has 0 spiro atoms. The van der Waals surface area contributed by atoms with Gasteiger partial charge in [0.1, 0.15) is 5.40 Å². The summed E-state index contributed by atoms with van der Waals surface area (Å²) in [5.41, 5.74) is 0.916. The highest BCUT2D eigenvalue weighted by molar-refractivity contribution is 7.85. The number of hydrogen-bond donors (Lipinski definition) is 2. The number of thiocyanates is 1. The number of urea groups is 1. The van der Waals surface area contributed by atoms with E-state index in [4.69, 9.17) is 10.00 Å². The third-order valence-corrected chi connectivity index (χ3v) is 3.76. The predicted molar refractivity (Wildman–Crippen MR) is 85.6 cm³/mol. The number of thiol groups is 1. The van der Waals surface area contributed by atoms with Gasteiger partial charge in [-0.05, 0) is 12.1 Å². The van der Waals surface area contributed by atoms with Crippen LogP contribution in [-0.2, 0) is 4.74 Å². The van der Waals surface area contributed by atoms with Gasteiger partial charge in [-0.25, -0.2) is 9.78 Å². The van der Waals surface area contributed by atoms with Gasteiger partial charge in [-0.2, -0.15) is 5.26 Å². The Morgan fingerprint density at radius 1 is 1.43 bits per heavy atom. The molecule has 1 aromatic carbocycles. The van der Waals surface area contributed by atoms with Gasteiger partial charge >= 0.3 is 6.03 Å². The number of ether oxygens (including phenoxy) is 1. The average molecular weight is 322 g/mol. The van der Waals surface area contributed by atoms with Crippen LogP contribution in [-0.4, -0.2) is 42.2 Å². The lowest BCUT2D eigenvalue weighted by molar-refractivity contribution is 0.0564. The normalized spacial score (nSPS) is 14.0. The van der Waals surface area contributed by atoms with E-state index in [0.717, 1.165) is 10.2 Å². The van der Waals surface area contributed by atoms with Gasteiger partial charge in [0.2, 0.25) is 0 Å². The maximum atomic E-state index is 12.0. The smallest absolute Gasteiger partial charge is 0.323 e. The minimum Gasteiger partial charge on any atom is -0.378 e. The number of amides is 2. The number of morpholine rings is 1. The van der Waals surface area contributed by atoms with E-state index in [1.807, 2.05) is 24.3 Å². The zero-order chi connectivity index (χ0) is 15.1. The molecule has 2 amide bonds. The number of carbonyl (C=O) groups excluding carboxylic acids is 1. The molecule has 1 aromatic heterocycles. The van der Waals surface area contributed by atoms with Gasteiger partial charge in [0.15, 0.2) is 5.13 Å². The number of benzene rings is 1. The number of anilines is 1. The minimum absolute atomic E-state index is 0.0997. The number of para-hydroxylation sites is 1. The van der Waals surface area contributed by atoms with Crippen LogP contribution in [0.3, 0.4) is 0 Å². The van der Waals surface area contributed by atoms with Gasteiger partial charge in [-0.15, -0.1) is 0 Å². The fourth-order valence-corrected chi connectivity index (χ4v) is 2.72. The number of nitriles is 1. The van der Waals surface area contributed by atoms with Gasteiger partial charge in [0, 0.05) is 13.1 Å². The first-order valence-electron chi connectivity index (χ1n) is 6.27. The molecule has 0 bridgehead atoms. The molecule has 1 fully saturated rings. The predicted octanol–water partition coefficient (Wildman–Crippen LogP) is 2.56. The molecule has 0 aliphatic carbocycles. The van der Waals surface area contributed by atoms with Crippen LogP contribution in [0.5, 0.6) is 0 Å². The first kappa shape index (κ1) is 15.6. The van der Waals surface area contributed by atoms with E-state index in [2.05, 4.69) is 22.9 Å². The fraction of sp³-hybridized carbons (Fsp3) is 0.308. The molecule has 0 saturated carbocycles. The molecular weight excluding hydrogens is 308 g/mol. The van der Waals surface area contributed by atoms with E-state index >= 15 is 0 Å². The lowest BCUT2D eigenvalue weighted by Gasteiger charge is -2.26. The number of rotatable bonds is 1. The first-order chi connectivity index (χ1) is 10.2. The first-order valence-corrected chi connectivity index (χ1v) is 7.53.